The van der Waals surface area contributed by atoms with E-state index in [0.717, 1.165) is 4.31 Å². The van der Waals surface area contributed by atoms with Crippen molar-refractivity contribution in [3.63, 3.8) is 0 Å². The Morgan fingerprint density at radius 1 is 1.00 bits per heavy atom. The van der Waals surface area contributed by atoms with Gasteiger partial charge in [0.25, 0.3) is 5.78 Å². The molecule has 35 heavy (non-hydrogen) atoms. The minimum absolute atomic E-state index is 0.00135. The summed E-state index contributed by atoms with van der Waals surface area (Å²) in [5, 5.41) is 11.1. The first-order chi connectivity index (χ1) is 16.5. The van der Waals surface area contributed by atoms with Gasteiger partial charge in [0, 0.05) is 25.4 Å². The fourth-order valence-electron chi connectivity index (χ4n) is 3.84. The molecule has 8 nitrogen and oxygen atoms in total. The highest BCUT2D eigenvalue weighted by Gasteiger charge is 2.47. The molecule has 1 amide bonds. The van der Waals surface area contributed by atoms with Crippen LogP contribution in [-0.2, 0) is 19.6 Å². The van der Waals surface area contributed by atoms with E-state index in [0.29, 0.717) is 11.3 Å². The van der Waals surface area contributed by atoms with Crippen molar-refractivity contribution in [3.05, 3.63) is 94.9 Å². The number of aliphatic hydroxyl groups is 1. The van der Waals surface area contributed by atoms with E-state index in [1.165, 1.54) is 67.5 Å². The van der Waals surface area contributed by atoms with E-state index < -0.39 is 39.3 Å². The number of aromatic nitrogens is 1. The third kappa shape index (κ3) is 4.33. The van der Waals surface area contributed by atoms with Gasteiger partial charge in [-0.3, -0.25) is 14.5 Å². The number of nitrogens with zero attached hydrogens (tertiary/aromatic N) is 3. The molecular weight excluding hydrogens is 473 g/mol. The van der Waals surface area contributed by atoms with Crippen LogP contribution in [0.1, 0.15) is 22.9 Å². The number of anilines is 1. The largest absolute Gasteiger partial charge is 0.507 e. The van der Waals surface area contributed by atoms with Gasteiger partial charge in [-0.25, -0.2) is 22.1 Å². The van der Waals surface area contributed by atoms with Gasteiger partial charge in [0.1, 0.15) is 17.4 Å². The Labute approximate surface area is 202 Å². The van der Waals surface area contributed by atoms with Gasteiger partial charge in [0.05, 0.1) is 16.5 Å². The van der Waals surface area contributed by atoms with E-state index in [4.69, 9.17) is 0 Å². The monoisotopic (exact) mass is 495 g/mol. The van der Waals surface area contributed by atoms with E-state index >= 15 is 0 Å². The maximum Gasteiger partial charge on any atom is 0.301 e. The Balaban J connectivity index is 1.89. The van der Waals surface area contributed by atoms with Crippen LogP contribution in [0.5, 0.6) is 0 Å². The molecule has 1 unspecified atom stereocenters. The quantitative estimate of drug-likeness (QED) is 0.330. The molecule has 1 fully saturated rings. The smallest absolute Gasteiger partial charge is 0.301 e. The number of rotatable bonds is 5. The minimum atomic E-state index is -3.70. The molecule has 10 heteroatoms. The van der Waals surface area contributed by atoms with Crippen LogP contribution in [0.15, 0.2) is 77.2 Å². The van der Waals surface area contributed by atoms with E-state index in [1.54, 1.807) is 25.1 Å². The first-order valence-corrected chi connectivity index (χ1v) is 12.0. The maximum absolute atomic E-state index is 13.6. The number of sulfonamides is 1. The summed E-state index contributed by atoms with van der Waals surface area (Å²) in [4.78, 5) is 31.8. The van der Waals surface area contributed by atoms with Crippen molar-refractivity contribution in [1.29, 1.82) is 0 Å². The second kappa shape index (κ2) is 9.05. The number of hydrogen-bond acceptors (Lipinski definition) is 6. The molecule has 0 radical (unpaired) electrons. The molecule has 1 aromatic heterocycles. The Hall–Kier alpha value is -3.89. The third-order valence-corrected chi connectivity index (χ3v) is 7.49. The van der Waals surface area contributed by atoms with Crippen LogP contribution in [0, 0.1) is 12.7 Å². The summed E-state index contributed by atoms with van der Waals surface area (Å²) in [7, 11) is -0.911. The van der Waals surface area contributed by atoms with Gasteiger partial charge in [-0.15, -0.1) is 0 Å². The van der Waals surface area contributed by atoms with Crippen LogP contribution in [-0.4, -0.2) is 48.6 Å². The van der Waals surface area contributed by atoms with Crippen molar-refractivity contribution in [2.75, 3.05) is 19.0 Å². The Morgan fingerprint density at radius 3 is 2.20 bits per heavy atom. The van der Waals surface area contributed by atoms with Gasteiger partial charge in [-0.1, -0.05) is 18.2 Å². The highest BCUT2D eigenvalue weighted by molar-refractivity contribution is 7.89. The lowest BCUT2D eigenvalue weighted by Crippen LogP contribution is -2.30. The number of aliphatic hydroxyl groups excluding tert-OH is 1. The summed E-state index contributed by atoms with van der Waals surface area (Å²) in [5.41, 5.74) is 0.931. The number of ketones is 1. The minimum Gasteiger partial charge on any atom is -0.507 e. The summed E-state index contributed by atoms with van der Waals surface area (Å²) in [6.07, 6.45) is 0. The van der Waals surface area contributed by atoms with E-state index in [1.807, 2.05) is 0 Å². The molecule has 0 bridgehead atoms. The number of carbonyl (C=O) groups is 2. The topological polar surface area (TPSA) is 108 Å². The lowest BCUT2D eigenvalue weighted by molar-refractivity contribution is -0.132. The van der Waals surface area contributed by atoms with Gasteiger partial charge in [-0.2, -0.15) is 0 Å². The summed E-state index contributed by atoms with van der Waals surface area (Å²) in [5.74, 6) is -2.62. The lowest BCUT2D eigenvalue weighted by Gasteiger charge is -2.24. The average Bonchev–Trinajstić information content (AvgIpc) is 3.09. The van der Waals surface area contributed by atoms with E-state index in [-0.39, 0.29) is 21.8 Å². The van der Waals surface area contributed by atoms with Crippen molar-refractivity contribution in [3.8, 4) is 0 Å². The number of carbonyl (C=O) groups excluding carboxylic acids is 2. The fraction of sp³-hybridized carbons (Fsp3) is 0.160. The SMILES string of the molecule is Cc1cccc(N2C(=O)C(=O)/C(=C(/O)c3ccc(S(=O)(=O)N(C)C)cc3)C2c2ccc(F)cc2)n1. The number of aryl methyl sites for hydroxylation is 1. The van der Waals surface area contributed by atoms with Crippen LogP contribution in [0.3, 0.4) is 0 Å². The zero-order chi connectivity index (χ0) is 25.5. The number of halogens is 1. The fourth-order valence-corrected chi connectivity index (χ4v) is 4.74. The molecule has 1 aliphatic rings. The first-order valence-electron chi connectivity index (χ1n) is 10.6. The van der Waals surface area contributed by atoms with Crippen LogP contribution >= 0.6 is 0 Å². The van der Waals surface area contributed by atoms with E-state index in [2.05, 4.69) is 4.98 Å². The van der Waals surface area contributed by atoms with Gasteiger partial charge in [0.2, 0.25) is 10.0 Å². The van der Waals surface area contributed by atoms with Gasteiger partial charge in [-0.05, 0) is 61.0 Å². The molecule has 2 aromatic carbocycles. The lowest BCUT2D eigenvalue weighted by atomic mass is 9.95. The van der Waals surface area contributed by atoms with Crippen molar-refractivity contribution >= 4 is 33.3 Å². The zero-order valence-electron chi connectivity index (χ0n) is 19.1. The molecule has 0 saturated carbocycles. The Kier molecular flexibility index (Phi) is 6.27. The Bertz CT molecular complexity index is 1450. The molecule has 180 valence electrons. The van der Waals surface area contributed by atoms with Gasteiger partial charge < -0.3 is 5.11 Å². The van der Waals surface area contributed by atoms with Crippen molar-refractivity contribution < 1.29 is 27.5 Å². The summed E-state index contributed by atoms with van der Waals surface area (Å²) >= 11 is 0. The number of pyridine rings is 1. The second-order valence-electron chi connectivity index (χ2n) is 8.17. The number of amides is 1. The molecule has 0 aliphatic carbocycles. The predicted molar refractivity (Wildman–Crippen MR) is 127 cm³/mol. The van der Waals surface area contributed by atoms with Gasteiger partial charge >= 0.3 is 5.91 Å². The number of Topliss-reactive ketones (excluding diaryl/α,β-unsaturated/α-hetero) is 1. The summed E-state index contributed by atoms with van der Waals surface area (Å²) in [6, 6.07) is 14.5. The highest BCUT2D eigenvalue weighted by Crippen LogP contribution is 2.41. The molecule has 0 spiro atoms. The van der Waals surface area contributed by atoms with Crippen LogP contribution < -0.4 is 4.90 Å². The van der Waals surface area contributed by atoms with Crippen LogP contribution in [0.2, 0.25) is 0 Å². The second-order valence-corrected chi connectivity index (χ2v) is 10.3. The maximum atomic E-state index is 13.6. The number of benzene rings is 2. The predicted octanol–water partition coefficient (Wildman–Crippen LogP) is 3.41. The third-order valence-electron chi connectivity index (χ3n) is 5.66. The molecule has 2 heterocycles. The van der Waals surface area contributed by atoms with Gasteiger partial charge in [0.15, 0.2) is 0 Å². The summed E-state index contributed by atoms with van der Waals surface area (Å²) < 4.78 is 39.4. The molecule has 1 saturated heterocycles. The van der Waals surface area contributed by atoms with Crippen LogP contribution in [0.25, 0.3) is 5.76 Å². The Morgan fingerprint density at radius 2 is 1.63 bits per heavy atom. The normalized spacial score (nSPS) is 17.9. The highest BCUT2D eigenvalue weighted by atomic mass is 32.2. The molecule has 3 aromatic rings. The molecule has 1 atom stereocenters. The number of hydrogen-bond donors (Lipinski definition) is 1. The average molecular weight is 496 g/mol. The summed E-state index contributed by atoms with van der Waals surface area (Å²) in [6.45, 7) is 1.73. The van der Waals surface area contributed by atoms with Crippen molar-refractivity contribution in [2.24, 2.45) is 0 Å². The molecule has 4 rings (SSSR count). The van der Waals surface area contributed by atoms with Crippen LogP contribution in [0.4, 0.5) is 10.2 Å². The van der Waals surface area contributed by atoms with Crippen molar-refractivity contribution in [1.82, 2.24) is 9.29 Å². The van der Waals surface area contributed by atoms with E-state index in [9.17, 15) is 27.5 Å². The molecule has 1 aliphatic heterocycles. The standard InChI is InChI=1S/C25H22FN3O5S/c1-15-5-4-6-20(27-15)29-22(16-7-11-18(26)12-8-16)21(24(31)25(29)32)23(30)17-9-13-19(14-10-17)35(33,34)28(2)3/h4-14,22,30H,1-3H3/b23-21+. The molecule has 1 N–H and O–H groups in total. The zero-order valence-corrected chi connectivity index (χ0v) is 20.0. The molecular formula is C25H22FN3O5S. The first kappa shape index (κ1) is 24.2. The van der Waals surface area contributed by atoms with Crippen molar-refractivity contribution in [2.45, 2.75) is 17.9 Å².